The molecule has 1 saturated heterocycles. The second-order valence-electron chi connectivity index (χ2n) is 5.93. The molecule has 25 heavy (non-hydrogen) atoms. The number of hydrogen-bond donors (Lipinski definition) is 1. The predicted molar refractivity (Wildman–Crippen MR) is 94.7 cm³/mol. The van der Waals surface area contributed by atoms with Crippen molar-refractivity contribution in [3.63, 3.8) is 0 Å². The highest BCUT2D eigenvalue weighted by atomic mass is 16.5. The van der Waals surface area contributed by atoms with Gasteiger partial charge in [-0.2, -0.15) is 0 Å². The Morgan fingerprint density at radius 1 is 1.08 bits per heavy atom. The fourth-order valence-electron chi connectivity index (χ4n) is 3.05. The number of piperidine rings is 1. The van der Waals surface area contributed by atoms with Gasteiger partial charge < -0.3 is 24.4 Å². The molecule has 1 fully saturated rings. The van der Waals surface area contributed by atoms with Gasteiger partial charge in [-0.05, 0) is 12.8 Å². The van der Waals surface area contributed by atoms with Crippen LogP contribution in [0.25, 0.3) is 0 Å². The molecule has 1 aromatic carbocycles. The molecule has 0 atom stereocenters. The standard InChI is InChI=1S/C18H26N2O5/c1-5-14(21)12-6-8-20(9-7-12)18(22)19-13-10-15(23-2)17(25-4)16(11-13)24-3/h10-12H,5-9H2,1-4H3,(H,19,22). The van der Waals surface area contributed by atoms with Crippen LogP contribution in [0.2, 0.25) is 0 Å². The summed E-state index contributed by atoms with van der Waals surface area (Å²) in [7, 11) is 4.58. The van der Waals surface area contributed by atoms with E-state index in [9.17, 15) is 9.59 Å². The maximum atomic E-state index is 12.5. The Balaban J connectivity index is 2.05. The molecule has 1 aliphatic rings. The third-order valence-electron chi connectivity index (χ3n) is 4.50. The highest BCUT2D eigenvalue weighted by molar-refractivity contribution is 5.90. The van der Waals surface area contributed by atoms with Gasteiger partial charge in [-0.1, -0.05) is 6.92 Å². The number of carbonyl (C=O) groups excluding carboxylic acids is 2. The Hall–Kier alpha value is -2.44. The summed E-state index contributed by atoms with van der Waals surface area (Å²) in [6.45, 7) is 3.03. The first kappa shape index (κ1) is 18.9. The molecule has 2 amide bonds. The average molecular weight is 350 g/mol. The van der Waals surface area contributed by atoms with E-state index in [1.807, 2.05) is 6.92 Å². The molecule has 1 N–H and O–H groups in total. The Kier molecular flexibility index (Phi) is 6.50. The van der Waals surface area contributed by atoms with E-state index in [4.69, 9.17) is 14.2 Å². The highest BCUT2D eigenvalue weighted by Gasteiger charge is 2.26. The second kappa shape index (κ2) is 8.60. The normalized spacial score (nSPS) is 14.8. The van der Waals surface area contributed by atoms with Crippen molar-refractivity contribution in [2.75, 3.05) is 39.7 Å². The number of ketones is 1. The lowest BCUT2D eigenvalue weighted by atomic mass is 9.91. The topological polar surface area (TPSA) is 77.1 Å². The zero-order chi connectivity index (χ0) is 18.4. The lowest BCUT2D eigenvalue weighted by Crippen LogP contribution is -2.42. The zero-order valence-electron chi connectivity index (χ0n) is 15.3. The molecule has 0 saturated carbocycles. The van der Waals surface area contributed by atoms with Gasteiger partial charge in [0.05, 0.1) is 27.0 Å². The third-order valence-corrected chi connectivity index (χ3v) is 4.50. The maximum absolute atomic E-state index is 12.5. The molecule has 0 radical (unpaired) electrons. The first-order valence-electron chi connectivity index (χ1n) is 8.42. The van der Waals surface area contributed by atoms with Crippen LogP contribution < -0.4 is 19.5 Å². The molecule has 0 spiro atoms. The van der Waals surface area contributed by atoms with E-state index in [2.05, 4.69) is 5.32 Å². The number of carbonyl (C=O) groups is 2. The summed E-state index contributed by atoms with van der Waals surface area (Å²) in [6.07, 6.45) is 1.99. The molecule has 1 heterocycles. The number of anilines is 1. The Morgan fingerprint density at radius 3 is 2.08 bits per heavy atom. The monoisotopic (exact) mass is 350 g/mol. The average Bonchev–Trinajstić information content (AvgIpc) is 2.66. The molecule has 1 aromatic rings. The summed E-state index contributed by atoms with van der Waals surface area (Å²) in [5.74, 6) is 1.79. The maximum Gasteiger partial charge on any atom is 0.321 e. The minimum Gasteiger partial charge on any atom is -0.493 e. The van der Waals surface area contributed by atoms with E-state index in [1.165, 1.54) is 21.3 Å². The van der Waals surface area contributed by atoms with Crippen LogP contribution in [-0.4, -0.2) is 51.1 Å². The van der Waals surface area contributed by atoms with Crippen molar-refractivity contribution in [3.05, 3.63) is 12.1 Å². The minimum absolute atomic E-state index is 0.0789. The second-order valence-corrected chi connectivity index (χ2v) is 5.93. The number of Topliss-reactive ketones (excluding diaryl/α,β-unsaturated/α-hetero) is 1. The van der Waals surface area contributed by atoms with Crippen LogP contribution in [0, 0.1) is 5.92 Å². The molecular weight excluding hydrogens is 324 g/mol. The van der Waals surface area contributed by atoms with Gasteiger partial charge in [0, 0.05) is 37.6 Å². The molecule has 7 nitrogen and oxygen atoms in total. The predicted octanol–water partition coefficient (Wildman–Crippen LogP) is 2.94. The molecular formula is C18H26N2O5. The van der Waals surface area contributed by atoms with Gasteiger partial charge in [0.25, 0.3) is 0 Å². The van der Waals surface area contributed by atoms with Gasteiger partial charge >= 0.3 is 6.03 Å². The van der Waals surface area contributed by atoms with Gasteiger partial charge in [0.2, 0.25) is 5.75 Å². The highest BCUT2D eigenvalue weighted by Crippen LogP contribution is 2.40. The molecule has 138 valence electrons. The van der Waals surface area contributed by atoms with E-state index in [-0.39, 0.29) is 17.7 Å². The van der Waals surface area contributed by atoms with Gasteiger partial charge in [-0.15, -0.1) is 0 Å². The van der Waals surface area contributed by atoms with Crippen LogP contribution in [-0.2, 0) is 4.79 Å². The van der Waals surface area contributed by atoms with Gasteiger partial charge in [-0.25, -0.2) is 4.79 Å². The van der Waals surface area contributed by atoms with E-state index >= 15 is 0 Å². The smallest absolute Gasteiger partial charge is 0.321 e. The first-order chi connectivity index (χ1) is 12.0. The Bertz CT molecular complexity index is 599. The van der Waals surface area contributed by atoms with E-state index in [1.54, 1.807) is 17.0 Å². The first-order valence-corrected chi connectivity index (χ1v) is 8.42. The van der Waals surface area contributed by atoms with Gasteiger partial charge in [0.15, 0.2) is 11.5 Å². The van der Waals surface area contributed by atoms with Crippen LogP contribution in [0.3, 0.4) is 0 Å². The van der Waals surface area contributed by atoms with Crippen LogP contribution in [0.5, 0.6) is 17.2 Å². The number of ether oxygens (including phenoxy) is 3. The third kappa shape index (κ3) is 4.35. The van der Waals surface area contributed by atoms with Crippen molar-refractivity contribution in [1.82, 2.24) is 4.90 Å². The molecule has 0 bridgehead atoms. The summed E-state index contributed by atoms with van der Waals surface area (Å²) >= 11 is 0. The van der Waals surface area contributed by atoms with Crippen molar-refractivity contribution >= 4 is 17.5 Å². The summed E-state index contributed by atoms with van der Waals surface area (Å²) in [6, 6.07) is 3.18. The van der Waals surface area contributed by atoms with Crippen molar-refractivity contribution in [2.45, 2.75) is 26.2 Å². The summed E-state index contributed by atoms with van der Waals surface area (Å²) in [4.78, 5) is 26.0. The van der Waals surface area contributed by atoms with Gasteiger partial charge in [0.1, 0.15) is 5.78 Å². The largest absolute Gasteiger partial charge is 0.493 e. The van der Waals surface area contributed by atoms with Crippen LogP contribution >= 0.6 is 0 Å². The van der Waals surface area contributed by atoms with Crippen molar-refractivity contribution in [2.24, 2.45) is 5.92 Å². The van der Waals surface area contributed by atoms with E-state index in [0.29, 0.717) is 42.4 Å². The molecule has 1 aliphatic heterocycles. The number of nitrogens with one attached hydrogen (secondary N) is 1. The number of nitrogens with zero attached hydrogens (tertiary/aromatic N) is 1. The fourth-order valence-corrected chi connectivity index (χ4v) is 3.05. The number of urea groups is 1. The molecule has 2 rings (SSSR count). The number of benzene rings is 1. The number of likely N-dealkylation sites (tertiary alicyclic amines) is 1. The van der Waals surface area contributed by atoms with Crippen LogP contribution in [0.1, 0.15) is 26.2 Å². The summed E-state index contributed by atoms with van der Waals surface area (Å²) < 4.78 is 15.9. The van der Waals surface area contributed by atoms with Crippen LogP contribution in [0.4, 0.5) is 10.5 Å². The fraction of sp³-hybridized carbons (Fsp3) is 0.556. The van der Waals surface area contributed by atoms with Crippen LogP contribution in [0.15, 0.2) is 12.1 Å². The number of amides is 2. The number of rotatable bonds is 6. The lowest BCUT2D eigenvalue weighted by molar-refractivity contribution is -0.123. The number of hydrogen-bond acceptors (Lipinski definition) is 5. The van der Waals surface area contributed by atoms with E-state index < -0.39 is 0 Å². The lowest BCUT2D eigenvalue weighted by Gasteiger charge is -2.31. The molecule has 0 aliphatic carbocycles. The van der Waals surface area contributed by atoms with E-state index in [0.717, 1.165) is 12.8 Å². The van der Waals surface area contributed by atoms with Crippen molar-refractivity contribution in [3.8, 4) is 17.2 Å². The Morgan fingerprint density at radius 2 is 1.64 bits per heavy atom. The van der Waals surface area contributed by atoms with Crippen molar-refractivity contribution in [1.29, 1.82) is 0 Å². The minimum atomic E-state index is -0.198. The molecule has 0 aromatic heterocycles. The van der Waals surface area contributed by atoms with Crippen molar-refractivity contribution < 1.29 is 23.8 Å². The van der Waals surface area contributed by atoms with Gasteiger partial charge in [-0.3, -0.25) is 4.79 Å². The summed E-state index contributed by atoms with van der Waals surface area (Å²) in [5, 5.41) is 2.86. The quantitative estimate of drug-likeness (QED) is 0.853. The SMILES string of the molecule is CCC(=O)C1CCN(C(=O)Nc2cc(OC)c(OC)c(OC)c2)CC1. The molecule has 0 unspecified atom stereocenters. The Labute approximate surface area is 148 Å². The zero-order valence-corrected chi connectivity index (χ0v) is 15.3. The summed E-state index contributed by atoms with van der Waals surface area (Å²) in [5.41, 5.74) is 0.561. The molecule has 7 heteroatoms. The number of methoxy groups -OCH3 is 3.